The van der Waals surface area contributed by atoms with Gasteiger partial charge >= 0.3 is 87.5 Å². The summed E-state index contributed by atoms with van der Waals surface area (Å²) >= 11 is 0. The summed E-state index contributed by atoms with van der Waals surface area (Å²) in [4.78, 5) is 0. The maximum absolute atomic E-state index is 3.52. The van der Waals surface area contributed by atoms with Crippen LogP contribution >= 0.6 is 6.60 Å². The Morgan fingerprint density at radius 1 is 1.43 bits per heavy atom. The first-order chi connectivity index (χ1) is 6.41. The zero-order chi connectivity index (χ0) is 10.8. The number of hydrogen-bond donors (Lipinski definition) is 0. The van der Waals surface area contributed by atoms with E-state index in [-0.39, 0.29) is 0 Å². The van der Waals surface area contributed by atoms with E-state index in [1.807, 2.05) is 12.2 Å². The molecule has 0 radical (unpaired) electrons. The van der Waals surface area contributed by atoms with Gasteiger partial charge in [-0.25, -0.2) is 0 Å². The topological polar surface area (TPSA) is 0 Å². The number of rotatable bonds is 3. The molecule has 0 aliphatic carbocycles. The molecular weight excluding hydrogens is 187 g/mol. The van der Waals surface area contributed by atoms with Crippen molar-refractivity contribution in [1.29, 1.82) is 0 Å². The average molecular weight is 208 g/mol. The molecule has 78 valence electrons. The van der Waals surface area contributed by atoms with Crippen LogP contribution in [0.5, 0.6) is 0 Å². The van der Waals surface area contributed by atoms with E-state index in [1.54, 1.807) is 5.31 Å². The second-order valence-corrected chi connectivity index (χ2v) is 12.1. The molecule has 1 aliphatic heterocycles. The molecule has 1 heterocycles. The zero-order valence-corrected chi connectivity index (χ0v) is 10.6. The van der Waals surface area contributed by atoms with Gasteiger partial charge in [0.25, 0.3) is 0 Å². The Morgan fingerprint density at radius 3 is 2.43 bits per heavy atom. The van der Waals surface area contributed by atoms with Crippen LogP contribution in [0.15, 0.2) is 41.9 Å². The average Bonchev–Trinajstić information content (AvgIpc) is 2.63. The molecule has 1 rings (SSSR count). The van der Waals surface area contributed by atoms with Crippen molar-refractivity contribution in [3.05, 3.63) is 41.9 Å². The van der Waals surface area contributed by atoms with Crippen LogP contribution < -0.4 is 0 Å². The monoisotopic (exact) mass is 208 g/mol. The predicted molar refractivity (Wildman–Crippen MR) is 69.7 cm³/mol. The van der Waals surface area contributed by atoms with E-state index in [0.717, 1.165) is 5.66 Å². The Hall–Kier alpha value is -0.570. The summed E-state index contributed by atoms with van der Waals surface area (Å²) in [5, 5.41) is 1.59. The molecule has 0 spiro atoms. The van der Waals surface area contributed by atoms with Crippen LogP contribution in [0.3, 0.4) is 0 Å². The molecule has 1 atom stereocenters. The second kappa shape index (κ2) is 3.54. The fraction of sp³-hybridized carbons (Fsp3) is 0.462. The second-order valence-electron chi connectivity index (χ2n) is 5.11. The Bertz CT molecular complexity index is 338. The summed E-state index contributed by atoms with van der Waals surface area (Å²) in [6.07, 6.45) is 9.61. The van der Waals surface area contributed by atoms with Crippen LogP contribution in [-0.4, -0.2) is 25.2 Å². The van der Waals surface area contributed by atoms with Crippen molar-refractivity contribution in [3.8, 4) is 0 Å². The fourth-order valence-corrected chi connectivity index (χ4v) is 6.14. The Labute approximate surface area is 88.0 Å². The summed E-state index contributed by atoms with van der Waals surface area (Å²) in [5.41, 5.74) is 3.66. The van der Waals surface area contributed by atoms with E-state index in [2.05, 4.69) is 51.6 Å². The standard InChI is InChI=1S/C13H21P/c1-6-7-8-9-10-12(2)14(4,5)11-13(14)3/h7-10,13H,1,11H2,2-5H3. The van der Waals surface area contributed by atoms with Crippen molar-refractivity contribution in [2.75, 3.05) is 19.5 Å². The van der Waals surface area contributed by atoms with E-state index in [9.17, 15) is 0 Å². The van der Waals surface area contributed by atoms with Gasteiger partial charge in [-0.1, -0.05) is 0 Å². The minimum atomic E-state index is -1.38. The number of hydrogen-bond acceptors (Lipinski definition) is 0. The zero-order valence-electron chi connectivity index (χ0n) is 9.75. The molecule has 0 saturated carbocycles. The van der Waals surface area contributed by atoms with Crippen LogP contribution in [0.25, 0.3) is 0 Å². The van der Waals surface area contributed by atoms with Crippen molar-refractivity contribution in [2.45, 2.75) is 19.5 Å². The third kappa shape index (κ3) is 1.92. The predicted octanol–water partition coefficient (Wildman–Crippen LogP) is 4.00. The molecule has 0 amide bonds. The molecule has 1 fully saturated rings. The molecule has 0 aromatic rings. The Morgan fingerprint density at radius 2 is 2.00 bits per heavy atom. The van der Waals surface area contributed by atoms with Gasteiger partial charge in [0.1, 0.15) is 0 Å². The molecule has 0 bridgehead atoms. The molecule has 14 heavy (non-hydrogen) atoms. The van der Waals surface area contributed by atoms with Gasteiger partial charge < -0.3 is 0 Å². The maximum atomic E-state index is 3.52. The van der Waals surface area contributed by atoms with Crippen LogP contribution in [-0.2, 0) is 0 Å². The quantitative estimate of drug-likeness (QED) is 0.373. The van der Waals surface area contributed by atoms with Gasteiger partial charge in [0.15, 0.2) is 0 Å². The molecule has 1 saturated heterocycles. The summed E-state index contributed by atoms with van der Waals surface area (Å²) in [6.45, 7) is 11.8. The van der Waals surface area contributed by atoms with Gasteiger partial charge in [0, 0.05) is 0 Å². The first-order valence-corrected chi connectivity index (χ1v) is 8.49. The SMILES string of the molecule is C=C=CC=CC=C(C)P1(C)(C)CC1C. The van der Waals surface area contributed by atoms with E-state index in [0.29, 0.717) is 0 Å². The molecule has 1 heteroatoms. The summed E-state index contributed by atoms with van der Waals surface area (Å²) in [5.74, 6) is 0. The Kier molecular flexibility index (Phi) is 2.91. The summed E-state index contributed by atoms with van der Waals surface area (Å²) < 4.78 is 0. The van der Waals surface area contributed by atoms with Gasteiger partial charge in [-0.2, -0.15) is 0 Å². The van der Waals surface area contributed by atoms with Crippen molar-refractivity contribution in [2.24, 2.45) is 0 Å². The van der Waals surface area contributed by atoms with E-state index in [1.165, 1.54) is 6.16 Å². The van der Waals surface area contributed by atoms with Crippen molar-refractivity contribution < 1.29 is 0 Å². The van der Waals surface area contributed by atoms with E-state index < -0.39 is 6.60 Å². The third-order valence-corrected chi connectivity index (χ3v) is 10.6. The molecule has 1 aliphatic rings. The van der Waals surface area contributed by atoms with Gasteiger partial charge in [0.05, 0.1) is 0 Å². The van der Waals surface area contributed by atoms with E-state index >= 15 is 0 Å². The Balaban J connectivity index is 2.76. The van der Waals surface area contributed by atoms with Crippen LogP contribution in [0, 0.1) is 0 Å². The fourth-order valence-electron chi connectivity index (χ4n) is 1.82. The number of allylic oxidation sites excluding steroid dienone is 5. The molecule has 0 aromatic heterocycles. The minimum absolute atomic E-state index is 0.931. The molecule has 1 unspecified atom stereocenters. The third-order valence-electron chi connectivity index (χ3n) is 3.93. The normalized spacial score (nSPS) is 31.6. The van der Waals surface area contributed by atoms with Crippen molar-refractivity contribution >= 4 is 6.60 Å². The van der Waals surface area contributed by atoms with Crippen LogP contribution in [0.1, 0.15) is 13.8 Å². The molecular formula is C13H21P. The van der Waals surface area contributed by atoms with Gasteiger partial charge in [-0.05, 0) is 0 Å². The van der Waals surface area contributed by atoms with Crippen LogP contribution in [0.4, 0.5) is 0 Å². The van der Waals surface area contributed by atoms with Gasteiger partial charge in [0.2, 0.25) is 0 Å². The first kappa shape index (κ1) is 11.5. The summed E-state index contributed by atoms with van der Waals surface area (Å²) in [7, 11) is 0. The van der Waals surface area contributed by atoms with Gasteiger partial charge in [-0.15, -0.1) is 0 Å². The molecule has 0 nitrogen and oxygen atoms in total. The van der Waals surface area contributed by atoms with Gasteiger partial charge in [-0.3, -0.25) is 0 Å². The first-order valence-electron chi connectivity index (χ1n) is 5.11. The van der Waals surface area contributed by atoms with Crippen molar-refractivity contribution in [3.63, 3.8) is 0 Å². The van der Waals surface area contributed by atoms with E-state index in [4.69, 9.17) is 0 Å². The van der Waals surface area contributed by atoms with Crippen molar-refractivity contribution in [1.82, 2.24) is 0 Å². The van der Waals surface area contributed by atoms with Crippen LogP contribution in [0.2, 0.25) is 0 Å². The summed E-state index contributed by atoms with van der Waals surface area (Å²) in [6, 6.07) is 0. The molecule has 0 aromatic carbocycles. The molecule has 0 N–H and O–H groups in total.